The minimum atomic E-state index is -4.61. The van der Waals surface area contributed by atoms with Gasteiger partial charge in [-0.05, 0) is 86.6 Å². The van der Waals surface area contributed by atoms with Crippen molar-refractivity contribution < 1.29 is 17.6 Å². The fraction of sp³-hybridized carbons (Fsp3) is 0.258. The second kappa shape index (κ2) is 10.5. The SMILES string of the molecule is CN1CCC(N2C=C(c3cncc(-c4cc(-c5cc(C(F)(F)F)ccc5F)nc5ncccc45)c3)C=CC2)CC1. The van der Waals surface area contributed by atoms with Crippen LogP contribution in [0.4, 0.5) is 17.6 Å². The van der Waals surface area contributed by atoms with E-state index in [0.29, 0.717) is 22.6 Å². The maximum absolute atomic E-state index is 14.8. The molecule has 6 rings (SSSR count). The summed E-state index contributed by atoms with van der Waals surface area (Å²) in [6.07, 6.45) is 9.08. The molecule has 5 nitrogen and oxygen atoms in total. The number of halogens is 4. The molecule has 2 aliphatic heterocycles. The molecule has 2 aliphatic rings. The first-order valence-corrected chi connectivity index (χ1v) is 13.2. The third kappa shape index (κ3) is 5.21. The second-order valence-electron chi connectivity index (χ2n) is 10.3. The Morgan fingerprint density at radius 3 is 2.55 bits per heavy atom. The lowest BCUT2D eigenvalue weighted by Gasteiger charge is -2.37. The van der Waals surface area contributed by atoms with Crippen LogP contribution in [0, 0.1) is 5.82 Å². The molecule has 0 unspecified atom stereocenters. The molecule has 1 fully saturated rings. The number of pyridine rings is 3. The number of alkyl halides is 3. The molecular formula is C31H27F4N5. The number of likely N-dealkylation sites (tertiary alicyclic amines) is 1. The van der Waals surface area contributed by atoms with Crippen LogP contribution in [0.2, 0.25) is 0 Å². The van der Waals surface area contributed by atoms with Crippen molar-refractivity contribution in [1.29, 1.82) is 0 Å². The Labute approximate surface area is 229 Å². The molecule has 0 aliphatic carbocycles. The zero-order valence-electron chi connectivity index (χ0n) is 21.9. The summed E-state index contributed by atoms with van der Waals surface area (Å²) < 4.78 is 55.1. The highest BCUT2D eigenvalue weighted by Crippen LogP contribution is 2.37. The quantitative estimate of drug-likeness (QED) is 0.263. The zero-order chi connectivity index (χ0) is 27.9. The van der Waals surface area contributed by atoms with Crippen molar-refractivity contribution in [1.82, 2.24) is 24.8 Å². The van der Waals surface area contributed by atoms with Crippen molar-refractivity contribution in [2.24, 2.45) is 0 Å². The van der Waals surface area contributed by atoms with E-state index in [1.165, 1.54) is 0 Å². The second-order valence-corrected chi connectivity index (χ2v) is 10.3. The van der Waals surface area contributed by atoms with E-state index in [4.69, 9.17) is 0 Å². The van der Waals surface area contributed by atoms with Crippen LogP contribution in [0.1, 0.15) is 24.0 Å². The largest absolute Gasteiger partial charge is 0.416 e. The Morgan fingerprint density at radius 1 is 0.950 bits per heavy atom. The average Bonchev–Trinajstić information content (AvgIpc) is 2.97. The summed E-state index contributed by atoms with van der Waals surface area (Å²) in [6, 6.07) is 10.0. The molecule has 0 spiro atoms. The van der Waals surface area contributed by atoms with Gasteiger partial charge in [0, 0.05) is 59.5 Å². The van der Waals surface area contributed by atoms with Gasteiger partial charge in [0.1, 0.15) is 5.82 Å². The van der Waals surface area contributed by atoms with E-state index < -0.39 is 17.6 Å². The van der Waals surface area contributed by atoms with Crippen LogP contribution in [0.15, 0.2) is 79.4 Å². The van der Waals surface area contributed by atoms with Crippen LogP contribution < -0.4 is 0 Å². The standard InChI is InChI=1S/C31H27F4N5/c1-39-12-8-24(9-13-39)40-11-3-4-20(19-40)21-14-22(18-36-17-21)26-16-29(38-30-25(26)5-2-10-37-30)27-15-23(31(33,34)35)6-7-28(27)32/h2-7,10,14-19,24H,8-9,11-13H2,1H3. The first-order valence-electron chi connectivity index (χ1n) is 13.2. The first kappa shape index (κ1) is 26.1. The maximum atomic E-state index is 14.8. The van der Waals surface area contributed by atoms with Crippen molar-refractivity contribution >= 4 is 16.6 Å². The van der Waals surface area contributed by atoms with Gasteiger partial charge in [-0.25, -0.2) is 14.4 Å². The maximum Gasteiger partial charge on any atom is 0.416 e. The molecule has 5 heterocycles. The summed E-state index contributed by atoms with van der Waals surface area (Å²) in [7, 11) is 2.15. The van der Waals surface area contributed by atoms with Gasteiger partial charge in [0.25, 0.3) is 0 Å². The molecular weight excluding hydrogens is 518 g/mol. The first-order chi connectivity index (χ1) is 19.3. The van der Waals surface area contributed by atoms with Gasteiger partial charge in [-0.15, -0.1) is 0 Å². The Bertz CT molecular complexity index is 1620. The van der Waals surface area contributed by atoms with Crippen molar-refractivity contribution in [3.8, 4) is 22.4 Å². The summed E-state index contributed by atoms with van der Waals surface area (Å²) >= 11 is 0. The number of piperidine rings is 1. The van der Waals surface area contributed by atoms with Crippen LogP contribution in [0.5, 0.6) is 0 Å². The molecule has 9 heteroatoms. The fourth-order valence-electron chi connectivity index (χ4n) is 5.40. The van der Waals surface area contributed by atoms with Gasteiger partial charge in [0.15, 0.2) is 5.65 Å². The normalized spacial score (nSPS) is 16.9. The highest BCUT2D eigenvalue weighted by molar-refractivity contribution is 5.95. The van der Waals surface area contributed by atoms with Gasteiger partial charge in [-0.1, -0.05) is 12.2 Å². The van der Waals surface area contributed by atoms with E-state index in [-0.39, 0.29) is 11.3 Å². The third-order valence-corrected chi connectivity index (χ3v) is 7.61. The Morgan fingerprint density at radius 2 is 1.75 bits per heavy atom. The number of hydrogen-bond acceptors (Lipinski definition) is 5. The molecule has 0 atom stereocenters. The molecule has 204 valence electrons. The Hall–Kier alpha value is -4.11. The predicted octanol–water partition coefficient (Wildman–Crippen LogP) is 6.82. The van der Waals surface area contributed by atoms with Crippen molar-refractivity contribution in [3.05, 3.63) is 96.4 Å². The van der Waals surface area contributed by atoms with Gasteiger partial charge >= 0.3 is 6.18 Å². The van der Waals surface area contributed by atoms with Gasteiger partial charge in [0.05, 0.1) is 11.3 Å². The molecule has 0 amide bonds. The lowest BCUT2D eigenvalue weighted by Crippen LogP contribution is -2.42. The number of allylic oxidation sites excluding steroid dienone is 2. The van der Waals surface area contributed by atoms with Crippen LogP contribution in [0.25, 0.3) is 39.0 Å². The molecule has 1 saturated heterocycles. The molecule has 0 radical (unpaired) electrons. The lowest BCUT2D eigenvalue weighted by molar-refractivity contribution is -0.137. The summed E-state index contributed by atoms with van der Waals surface area (Å²) in [5.74, 6) is -0.792. The number of rotatable bonds is 4. The third-order valence-electron chi connectivity index (χ3n) is 7.61. The van der Waals surface area contributed by atoms with E-state index in [2.05, 4.69) is 50.2 Å². The topological polar surface area (TPSA) is 45.2 Å². The molecule has 3 aromatic heterocycles. The van der Waals surface area contributed by atoms with Crippen LogP contribution in [-0.4, -0.2) is 57.5 Å². The van der Waals surface area contributed by atoms with Gasteiger partial charge in [-0.3, -0.25) is 4.98 Å². The van der Waals surface area contributed by atoms with Gasteiger partial charge < -0.3 is 9.80 Å². The Balaban J connectivity index is 1.42. The van der Waals surface area contributed by atoms with Crippen molar-refractivity contribution in [3.63, 3.8) is 0 Å². The van der Waals surface area contributed by atoms with Gasteiger partial charge in [-0.2, -0.15) is 13.2 Å². The number of aromatic nitrogens is 3. The number of nitrogens with zero attached hydrogens (tertiary/aromatic N) is 5. The minimum absolute atomic E-state index is 0.0698. The van der Waals surface area contributed by atoms with E-state index in [9.17, 15) is 17.6 Å². The number of hydrogen-bond donors (Lipinski definition) is 0. The zero-order valence-corrected chi connectivity index (χ0v) is 21.9. The Kier molecular flexibility index (Phi) is 6.83. The van der Waals surface area contributed by atoms with Crippen molar-refractivity contribution in [2.75, 3.05) is 26.7 Å². The molecule has 40 heavy (non-hydrogen) atoms. The fourth-order valence-corrected chi connectivity index (χ4v) is 5.40. The van der Waals surface area contributed by atoms with E-state index in [1.807, 2.05) is 12.1 Å². The summed E-state index contributed by atoms with van der Waals surface area (Å²) in [5.41, 5.74) is 2.53. The molecule has 4 aromatic rings. The van der Waals surface area contributed by atoms with Crippen molar-refractivity contribution in [2.45, 2.75) is 25.1 Å². The monoisotopic (exact) mass is 545 g/mol. The predicted molar refractivity (Wildman–Crippen MR) is 148 cm³/mol. The molecule has 0 bridgehead atoms. The smallest absolute Gasteiger partial charge is 0.370 e. The molecule has 1 aromatic carbocycles. The van der Waals surface area contributed by atoms with Crippen LogP contribution in [-0.2, 0) is 6.18 Å². The minimum Gasteiger partial charge on any atom is -0.370 e. The van der Waals surface area contributed by atoms with E-state index in [1.54, 1.807) is 30.7 Å². The lowest BCUT2D eigenvalue weighted by atomic mass is 9.96. The molecule has 0 N–H and O–H groups in total. The van der Waals surface area contributed by atoms with Crippen LogP contribution >= 0.6 is 0 Å². The molecule has 0 saturated carbocycles. The summed E-state index contributed by atoms with van der Waals surface area (Å²) in [6.45, 7) is 3.00. The highest BCUT2D eigenvalue weighted by Gasteiger charge is 2.31. The van der Waals surface area contributed by atoms with Gasteiger partial charge in [0.2, 0.25) is 0 Å². The highest BCUT2D eigenvalue weighted by atomic mass is 19.4. The number of fused-ring (bicyclic) bond motifs is 1. The summed E-state index contributed by atoms with van der Waals surface area (Å²) in [4.78, 5) is 18.0. The van der Waals surface area contributed by atoms with Crippen LogP contribution in [0.3, 0.4) is 0 Å². The summed E-state index contributed by atoms with van der Waals surface area (Å²) in [5, 5.41) is 0.693. The van der Waals surface area contributed by atoms with E-state index >= 15 is 0 Å². The number of benzene rings is 1. The average molecular weight is 546 g/mol. The van der Waals surface area contributed by atoms with E-state index in [0.717, 1.165) is 67.4 Å².